The van der Waals surface area contributed by atoms with E-state index in [1.54, 1.807) is 12.5 Å². The van der Waals surface area contributed by atoms with Crippen molar-refractivity contribution in [3.8, 4) is 0 Å². The van der Waals surface area contributed by atoms with Gasteiger partial charge in [-0.05, 0) is 31.0 Å². The summed E-state index contributed by atoms with van der Waals surface area (Å²) in [6.07, 6.45) is 6.53. The molecule has 1 heterocycles. The van der Waals surface area contributed by atoms with Crippen molar-refractivity contribution in [2.24, 2.45) is 0 Å². The lowest BCUT2D eigenvalue weighted by Gasteiger charge is -2.14. The monoisotopic (exact) mass is 272 g/mol. The van der Waals surface area contributed by atoms with Crippen LogP contribution in [0, 0.1) is 0 Å². The topological polar surface area (TPSA) is 72.9 Å². The van der Waals surface area contributed by atoms with Crippen LogP contribution in [0.3, 0.4) is 0 Å². The molecule has 1 amide bonds. The van der Waals surface area contributed by atoms with Crippen molar-refractivity contribution < 1.29 is 4.79 Å². The summed E-state index contributed by atoms with van der Waals surface area (Å²) in [5, 5.41) is 2.98. The van der Waals surface area contributed by atoms with Crippen LogP contribution in [0.5, 0.6) is 0 Å². The minimum atomic E-state index is 0.0556. The first kappa shape index (κ1) is 14.1. The highest BCUT2D eigenvalue weighted by Gasteiger charge is 2.08. The number of aryl methyl sites for hydroxylation is 1. The number of carbonyl (C=O) groups is 1. The minimum absolute atomic E-state index is 0.0556. The Balaban J connectivity index is 1.75. The van der Waals surface area contributed by atoms with Crippen molar-refractivity contribution in [3.05, 3.63) is 48.5 Å². The van der Waals surface area contributed by atoms with Crippen molar-refractivity contribution in [2.75, 3.05) is 5.73 Å². The van der Waals surface area contributed by atoms with E-state index >= 15 is 0 Å². The quantitative estimate of drug-likeness (QED) is 0.785. The fraction of sp³-hybridized carbons (Fsp3) is 0.333. The SMILES string of the molecule is CC(Cn1ccnc1)NC(=O)CCc1cccc(N)c1. The van der Waals surface area contributed by atoms with Crippen LogP contribution in [0.2, 0.25) is 0 Å². The zero-order valence-corrected chi connectivity index (χ0v) is 11.6. The van der Waals surface area contributed by atoms with E-state index in [2.05, 4.69) is 10.3 Å². The molecule has 0 radical (unpaired) electrons. The van der Waals surface area contributed by atoms with Crippen molar-refractivity contribution in [3.63, 3.8) is 0 Å². The maximum atomic E-state index is 11.9. The smallest absolute Gasteiger partial charge is 0.220 e. The van der Waals surface area contributed by atoms with E-state index in [0.29, 0.717) is 12.8 Å². The summed E-state index contributed by atoms with van der Waals surface area (Å²) < 4.78 is 1.95. The number of aromatic nitrogens is 2. The van der Waals surface area contributed by atoms with Gasteiger partial charge in [0.25, 0.3) is 0 Å². The Morgan fingerprint density at radius 1 is 1.50 bits per heavy atom. The third-order valence-electron chi connectivity index (χ3n) is 3.04. The Hall–Kier alpha value is -2.30. The molecule has 0 aliphatic heterocycles. The van der Waals surface area contributed by atoms with E-state index in [4.69, 9.17) is 5.73 Å². The Morgan fingerprint density at radius 2 is 2.35 bits per heavy atom. The van der Waals surface area contributed by atoms with Gasteiger partial charge >= 0.3 is 0 Å². The molecule has 106 valence electrons. The molecule has 0 aliphatic rings. The highest BCUT2D eigenvalue weighted by atomic mass is 16.1. The number of nitrogen functional groups attached to an aromatic ring is 1. The van der Waals surface area contributed by atoms with E-state index < -0.39 is 0 Å². The van der Waals surface area contributed by atoms with Crippen molar-refractivity contribution in [2.45, 2.75) is 32.4 Å². The lowest BCUT2D eigenvalue weighted by atomic mass is 10.1. The van der Waals surface area contributed by atoms with Gasteiger partial charge < -0.3 is 15.6 Å². The van der Waals surface area contributed by atoms with Gasteiger partial charge in [0.2, 0.25) is 5.91 Å². The second kappa shape index (κ2) is 6.75. The molecule has 2 aromatic rings. The van der Waals surface area contributed by atoms with E-state index in [-0.39, 0.29) is 11.9 Å². The molecule has 0 spiro atoms. The predicted octanol–water partition coefficient (Wildman–Crippen LogP) is 1.60. The highest BCUT2D eigenvalue weighted by molar-refractivity contribution is 5.76. The molecule has 0 saturated carbocycles. The van der Waals surface area contributed by atoms with Gasteiger partial charge in [0.05, 0.1) is 6.33 Å². The van der Waals surface area contributed by atoms with Crippen LogP contribution in [-0.4, -0.2) is 21.5 Å². The molecule has 0 aliphatic carbocycles. The maximum Gasteiger partial charge on any atom is 0.220 e. The van der Waals surface area contributed by atoms with Crippen molar-refractivity contribution >= 4 is 11.6 Å². The maximum absolute atomic E-state index is 11.9. The first-order chi connectivity index (χ1) is 9.63. The number of amides is 1. The van der Waals surface area contributed by atoms with E-state index in [0.717, 1.165) is 17.8 Å². The van der Waals surface area contributed by atoms with Crippen molar-refractivity contribution in [1.29, 1.82) is 0 Å². The summed E-state index contributed by atoms with van der Waals surface area (Å²) in [5.74, 6) is 0.0556. The summed E-state index contributed by atoms with van der Waals surface area (Å²) in [7, 11) is 0. The zero-order valence-electron chi connectivity index (χ0n) is 11.6. The molecule has 5 nitrogen and oxygen atoms in total. The van der Waals surface area contributed by atoms with Gasteiger partial charge in [-0.2, -0.15) is 0 Å². The fourth-order valence-corrected chi connectivity index (χ4v) is 2.11. The molecular weight excluding hydrogens is 252 g/mol. The molecule has 1 atom stereocenters. The summed E-state index contributed by atoms with van der Waals surface area (Å²) in [6.45, 7) is 2.71. The van der Waals surface area contributed by atoms with Crippen LogP contribution < -0.4 is 11.1 Å². The number of hydrogen-bond donors (Lipinski definition) is 2. The lowest BCUT2D eigenvalue weighted by Crippen LogP contribution is -2.35. The summed E-state index contributed by atoms with van der Waals surface area (Å²) >= 11 is 0. The second-order valence-corrected chi connectivity index (χ2v) is 4.97. The first-order valence-electron chi connectivity index (χ1n) is 6.73. The van der Waals surface area contributed by atoms with Crippen LogP contribution in [0.15, 0.2) is 43.0 Å². The highest BCUT2D eigenvalue weighted by Crippen LogP contribution is 2.08. The summed E-state index contributed by atoms with van der Waals surface area (Å²) in [6, 6.07) is 7.72. The number of hydrogen-bond acceptors (Lipinski definition) is 3. The average Bonchev–Trinajstić information content (AvgIpc) is 2.89. The second-order valence-electron chi connectivity index (χ2n) is 4.97. The fourth-order valence-electron chi connectivity index (χ4n) is 2.11. The average molecular weight is 272 g/mol. The third kappa shape index (κ3) is 4.42. The van der Waals surface area contributed by atoms with Gasteiger partial charge in [0.15, 0.2) is 0 Å². The van der Waals surface area contributed by atoms with Gasteiger partial charge in [0.1, 0.15) is 0 Å². The summed E-state index contributed by atoms with van der Waals surface area (Å²) in [4.78, 5) is 15.8. The molecule has 0 bridgehead atoms. The number of benzene rings is 1. The molecule has 5 heteroatoms. The Bertz CT molecular complexity index is 551. The molecular formula is C15H20N4O. The number of rotatable bonds is 6. The predicted molar refractivity (Wildman–Crippen MR) is 79.0 cm³/mol. The summed E-state index contributed by atoms with van der Waals surface area (Å²) in [5.41, 5.74) is 7.53. The van der Waals surface area contributed by atoms with Gasteiger partial charge in [-0.25, -0.2) is 4.98 Å². The first-order valence-corrected chi connectivity index (χ1v) is 6.73. The van der Waals surface area contributed by atoms with E-state index in [1.165, 1.54) is 0 Å². The standard InChI is InChI=1S/C15H20N4O/c1-12(10-19-8-7-17-11-19)18-15(20)6-5-13-3-2-4-14(16)9-13/h2-4,7-9,11-12H,5-6,10,16H2,1H3,(H,18,20). The van der Waals surface area contributed by atoms with Crippen molar-refractivity contribution in [1.82, 2.24) is 14.9 Å². The number of nitrogens with zero attached hydrogens (tertiary/aromatic N) is 2. The van der Waals surface area contributed by atoms with Crippen LogP contribution >= 0.6 is 0 Å². The van der Waals surface area contributed by atoms with Gasteiger partial charge in [-0.1, -0.05) is 12.1 Å². The molecule has 20 heavy (non-hydrogen) atoms. The number of anilines is 1. The van der Waals surface area contributed by atoms with Gasteiger partial charge in [-0.3, -0.25) is 4.79 Å². The minimum Gasteiger partial charge on any atom is -0.399 e. The molecule has 1 aromatic heterocycles. The van der Waals surface area contributed by atoms with Crippen LogP contribution in [0.25, 0.3) is 0 Å². The van der Waals surface area contributed by atoms with E-state index in [9.17, 15) is 4.79 Å². The molecule has 0 saturated heterocycles. The molecule has 1 unspecified atom stereocenters. The lowest BCUT2D eigenvalue weighted by molar-refractivity contribution is -0.121. The zero-order chi connectivity index (χ0) is 14.4. The number of nitrogens with two attached hydrogens (primary N) is 1. The molecule has 3 N–H and O–H groups in total. The molecule has 1 aromatic carbocycles. The normalized spacial score (nSPS) is 12.1. The van der Waals surface area contributed by atoms with E-state index in [1.807, 2.05) is 42.0 Å². The van der Waals surface area contributed by atoms with Crippen LogP contribution in [-0.2, 0) is 17.8 Å². The third-order valence-corrected chi connectivity index (χ3v) is 3.04. The van der Waals surface area contributed by atoms with Crippen LogP contribution in [0.4, 0.5) is 5.69 Å². The Kier molecular flexibility index (Phi) is 4.76. The number of nitrogens with one attached hydrogen (secondary N) is 1. The van der Waals surface area contributed by atoms with Crippen LogP contribution in [0.1, 0.15) is 18.9 Å². The van der Waals surface area contributed by atoms with Gasteiger partial charge in [0, 0.05) is 37.1 Å². The number of carbonyl (C=O) groups excluding carboxylic acids is 1. The number of imidazole rings is 1. The Morgan fingerprint density at radius 3 is 3.05 bits per heavy atom. The largest absolute Gasteiger partial charge is 0.399 e. The molecule has 0 fully saturated rings. The Labute approximate surface area is 118 Å². The van der Waals surface area contributed by atoms with Gasteiger partial charge in [-0.15, -0.1) is 0 Å². The molecule has 2 rings (SSSR count).